The molecular weight excluding hydrogens is 346 g/mol. The maximum atomic E-state index is 3.70. The fraction of sp³-hybridized carbons (Fsp3) is 0.714. The van der Waals surface area contributed by atoms with Gasteiger partial charge in [0, 0.05) is 12.1 Å². The summed E-state index contributed by atoms with van der Waals surface area (Å²) in [6.07, 6.45) is 14.0. The van der Waals surface area contributed by atoms with E-state index >= 15 is 0 Å². The molecule has 1 aromatic rings. The van der Waals surface area contributed by atoms with Crippen LogP contribution in [0.1, 0.15) is 90.5 Å². The van der Waals surface area contributed by atoms with Crippen molar-refractivity contribution in [3.8, 4) is 0 Å². The number of nitrogens with one attached hydrogen (secondary N) is 1. The van der Waals surface area contributed by atoms with Crippen LogP contribution >= 0.6 is 17.0 Å². The fourth-order valence-electron chi connectivity index (χ4n) is 2.90. The van der Waals surface area contributed by atoms with Gasteiger partial charge in [0.25, 0.3) is 0 Å². The van der Waals surface area contributed by atoms with E-state index in [0.29, 0.717) is 0 Å². The van der Waals surface area contributed by atoms with Crippen LogP contribution in [-0.2, 0) is 6.54 Å². The van der Waals surface area contributed by atoms with Crippen molar-refractivity contribution in [3.63, 3.8) is 0 Å². The first-order chi connectivity index (χ1) is 10.6. The van der Waals surface area contributed by atoms with Crippen molar-refractivity contribution in [1.29, 1.82) is 0 Å². The highest BCUT2D eigenvalue weighted by Gasteiger charge is 2.15. The number of rotatable bonds is 13. The van der Waals surface area contributed by atoms with Crippen LogP contribution in [0.15, 0.2) is 30.3 Å². The first-order valence-corrected chi connectivity index (χ1v) is 9.43. The molecule has 0 aliphatic carbocycles. The van der Waals surface area contributed by atoms with Gasteiger partial charge in [-0.05, 0) is 25.8 Å². The van der Waals surface area contributed by atoms with Gasteiger partial charge in [-0.2, -0.15) is 0 Å². The second-order valence-electron chi connectivity index (χ2n) is 7.30. The van der Waals surface area contributed by atoms with E-state index in [4.69, 9.17) is 0 Å². The number of hydrogen-bond donors (Lipinski definition) is 1. The molecule has 0 spiro atoms. The Morgan fingerprint density at radius 1 is 0.783 bits per heavy atom. The monoisotopic (exact) mass is 383 g/mol. The number of hydrogen-bond acceptors (Lipinski definition) is 1. The minimum atomic E-state index is 0. The van der Waals surface area contributed by atoms with Gasteiger partial charge < -0.3 is 5.32 Å². The van der Waals surface area contributed by atoms with E-state index < -0.39 is 0 Å². The number of unbranched alkanes of at least 4 members (excludes halogenated alkanes) is 8. The van der Waals surface area contributed by atoms with Crippen molar-refractivity contribution < 1.29 is 0 Å². The van der Waals surface area contributed by atoms with Gasteiger partial charge in [-0.1, -0.05) is 95.0 Å². The van der Waals surface area contributed by atoms with Crippen LogP contribution in [0.25, 0.3) is 0 Å². The van der Waals surface area contributed by atoms with Gasteiger partial charge in [0.2, 0.25) is 0 Å². The largest absolute Gasteiger partial charge is 0.308 e. The topological polar surface area (TPSA) is 12.0 Å². The Kier molecular flexibility index (Phi) is 13.8. The third-order valence-corrected chi connectivity index (χ3v) is 4.52. The molecule has 0 atom stereocenters. The summed E-state index contributed by atoms with van der Waals surface area (Å²) in [5.41, 5.74) is 1.62. The molecule has 0 aromatic heterocycles. The van der Waals surface area contributed by atoms with E-state index in [2.05, 4.69) is 56.4 Å². The third-order valence-electron chi connectivity index (χ3n) is 4.52. The minimum Gasteiger partial charge on any atom is -0.308 e. The highest BCUT2D eigenvalue weighted by molar-refractivity contribution is 8.93. The Balaban J connectivity index is 0.00000484. The SMILES string of the molecule is Br.CCCCCCCCCCCC(C)(C)NCc1ccccc1. The zero-order valence-corrected chi connectivity index (χ0v) is 17.3. The first kappa shape index (κ1) is 22.7. The lowest BCUT2D eigenvalue weighted by atomic mass is 9.95. The fourth-order valence-corrected chi connectivity index (χ4v) is 2.90. The van der Waals surface area contributed by atoms with Crippen LogP contribution in [0, 0.1) is 0 Å². The Morgan fingerprint density at radius 2 is 1.30 bits per heavy atom. The van der Waals surface area contributed by atoms with Crippen LogP contribution in [0.3, 0.4) is 0 Å². The minimum absolute atomic E-state index is 0. The van der Waals surface area contributed by atoms with Gasteiger partial charge >= 0.3 is 0 Å². The molecule has 0 aliphatic heterocycles. The van der Waals surface area contributed by atoms with Gasteiger partial charge in [0.15, 0.2) is 0 Å². The zero-order valence-electron chi connectivity index (χ0n) is 15.6. The van der Waals surface area contributed by atoms with E-state index in [0.717, 1.165) is 6.54 Å². The lowest BCUT2D eigenvalue weighted by Crippen LogP contribution is -2.38. The molecule has 0 bridgehead atoms. The molecule has 23 heavy (non-hydrogen) atoms. The Labute approximate surface area is 155 Å². The van der Waals surface area contributed by atoms with Gasteiger partial charge in [0.1, 0.15) is 0 Å². The van der Waals surface area contributed by atoms with Crippen LogP contribution < -0.4 is 5.32 Å². The molecule has 0 aliphatic rings. The Morgan fingerprint density at radius 3 is 1.87 bits per heavy atom. The van der Waals surface area contributed by atoms with Crippen molar-refractivity contribution in [1.82, 2.24) is 5.32 Å². The lowest BCUT2D eigenvalue weighted by Gasteiger charge is -2.26. The van der Waals surface area contributed by atoms with Crippen LogP contribution in [-0.4, -0.2) is 5.54 Å². The summed E-state index contributed by atoms with van der Waals surface area (Å²) in [5, 5.41) is 3.70. The summed E-state index contributed by atoms with van der Waals surface area (Å²) < 4.78 is 0. The smallest absolute Gasteiger partial charge is 0.0210 e. The van der Waals surface area contributed by atoms with E-state index in [1.54, 1.807) is 0 Å². The van der Waals surface area contributed by atoms with Gasteiger partial charge in [-0.25, -0.2) is 0 Å². The summed E-state index contributed by atoms with van der Waals surface area (Å²) >= 11 is 0. The molecule has 0 amide bonds. The highest BCUT2D eigenvalue weighted by atomic mass is 79.9. The normalized spacial score (nSPS) is 11.3. The Bertz CT molecular complexity index is 361. The molecule has 1 aromatic carbocycles. The molecule has 0 heterocycles. The van der Waals surface area contributed by atoms with Crippen molar-refractivity contribution in [2.45, 2.75) is 97.1 Å². The van der Waals surface area contributed by atoms with E-state index in [-0.39, 0.29) is 22.5 Å². The average Bonchev–Trinajstić information content (AvgIpc) is 2.52. The summed E-state index contributed by atoms with van der Waals surface area (Å²) in [7, 11) is 0. The van der Waals surface area contributed by atoms with E-state index in [1.165, 1.54) is 69.8 Å². The molecule has 2 heteroatoms. The molecular formula is C21H38BrN. The van der Waals surface area contributed by atoms with Gasteiger partial charge in [-0.3, -0.25) is 0 Å². The molecule has 1 nitrogen and oxygen atoms in total. The van der Waals surface area contributed by atoms with Crippen molar-refractivity contribution in [2.24, 2.45) is 0 Å². The van der Waals surface area contributed by atoms with Gasteiger partial charge in [-0.15, -0.1) is 17.0 Å². The second kappa shape index (κ2) is 14.0. The molecule has 134 valence electrons. The van der Waals surface area contributed by atoms with Crippen LogP contribution in [0.2, 0.25) is 0 Å². The predicted octanol–water partition coefficient (Wildman–Crippen LogP) is 7.05. The summed E-state index contributed by atoms with van der Waals surface area (Å²) in [5.74, 6) is 0. The van der Waals surface area contributed by atoms with Crippen molar-refractivity contribution in [2.75, 3.05) is 0 Å². The standard InChI is InChI=1S/C21H37N.BrH/c1-4-5-6-7-8-9-10-11-15-18-21(2,3)22-19-20-16-13-12-14-17-20;/h12-14,16-17,22H,4-11,15,18-19H2,1-3H3;1H. The van der Waals surface area contributed by atoms with Gasteiger partial charge in [0.05, 0.1) is 0 Å². The maximum absolute atomic E-state index is 3.70. The number of benzene rings is 1. The highest BCUT2D eigenvalue weighted by Crippen LogP contribution is 2.17. The quantitative estimate of drug-likeness (QED) is 0.359. The third kappa shape index (κ3) is 12.7. The summed E-state index contributed by atoms with van der Waals surface area (Å²) in [6.45, 7) is 7.93. The maximum Gasteiger partial charge on any atom is 0.0210 e. The molecule has 0 saturated carbocycles. The molecule has 1 N–H and O–H groups in total. The van der Waals surface area contributed by atoms with E-state index in [1.807, 2.05) is 0 Å². The molecule has 0 unspecified atom stereocenters. The van der Waals surface area contributed by atoms with Crippen molar-refractivity contribution >= 4 is 17.0 Å². The van der Waals surface area contributed by atoms with Crippen LogP contribution in [0.4, 0.5) is 0 Å². The molecule has 1 rings (SSSR count). The Hall–Kier alpha value is -0.340. The average molecular weight is 384 g/mol. The van der Waals surface area contributed by atoms with Crippen molar-refractivity contribution in [3.05, 3.63) is 35.9 Å². The first-order valence-electron chi connectivity index (χ1n) is 9.43. The second-order valence-corrected chi connectivity index (χ2v) is 7.30. The van der Waals surface area contributed by atoms with Crippen LogP contribution in [0.5, 0.6) is 0 Å². The molecule has 0 fully saturated rings. The number of halogens is 1. The summed E-state index contributed by atoms with van der Waals surface area (Å²) in [6, 6.07) is 10.7. The lowest BCUT2D eigenvalue weighted by molar-refractivity contribution is 0.344. The molecule has 0 saturated heterocycles. The summed E-state index contributed by atoms with van der Waals surface area (Å²) in [4.78, 5) is 0. The zero-order chi connectivity index (χ0) is 16.1. The predicted molar refractivity (Wildman–Crippen MR) is 110 cm³/mol. The molecule has 0 radical (unpaired) electrons. The van der Waals surface area contributed by atoms with E-state index in [9.17, 15) is 0 Å².